The Balaban J connectivity index is 1.59. The third-order valence-corrected chi connectivity index (χ3v) is 4.05. The molecular formula is C16H19N7O4. The van der Waals surface area contributed by atoms with Gasteiger partial charge in [-0.1, -0.05) is 0 Å². The van der Waals surface area contributed by atoms with E-state index >= 15 is 0 Å². The Morgan fingerprint density at radius 2 is 2.15 bits per heavy atom. The summed E-state index contributed by atoms with van der Waals surface area (Å²) in [4.78, 5) is 39.5. The number of anilines is 1. The number of amides is 3. The fourth-order valence-electron chi connectivity index (χ4n) is 2.78. The number of hydrogen-bond acceptors (Lipinski definition) is 7. The average molecular weight is 373 g/mol. The van der Waals surface area contributed by atoms with Crippen LogP contribution in [0.1, 0.15) is 24.1 Å². The minimum Gasteiger partial charge on any atom is -0.468 e. The van der Waals surface area contributed by atoms with Gasteiger partial charge in [0.2, 0.25) is 5.91 Å². The number of aryl methyl sites for hydroxylation is 1. The van der Waals surface area contributed by atoms with Gasteiger partial charge >= 0.3 is 12.0 Å². The van der Waals surface area contributed by atoms with Crippen LogP contribution < -0.4 is 16.0 Å². The summed E-state index contributed by atoms with van der Waals surface area (Å²) in [5.41, 5.74) is 0.557. The van der Waals surface area contributed by atoms with Gasteiger partial charge < -0.3 is 25.3 Å². The largest absolute Gasteiger partial charge is 0.468 e. The maximum absolute atomic E-state index is 12.4. The monoisotopic (exact) mass is 373 g/mol. The van der Waals surface area contributed by atoms with Crippen LogP contribution in [0.25, 0.3) is 0 Å². The number of aromatic nitrogens is 4. The Hall–Kier alpha value is -3.50. The summed E-state index contributed by atoms with van der Waals surface area (Å²) in [7, 11) is 1.25. The highest BCUT2D eigenvalue weighted by atomic mass is 16.5. The van der Waals surface area contributed by atoms with E-state index in [-0.39, 0.29) is 19.0 Å². The molecule has 3 heterocycles. The van der Waals surface area contributed by atoms with Gasteiger partial charge in [0.15, 0.2) is 5.82 Å². The third kappa shape index (κ3) is 4.37. The number of methoxy groups -OCH3 is 1. The molecule has 2 aromatic rings. The summed E-state index contributed by atoms with van der Waals surface area (Å²) in [5, 5.41) is 16.0. The van der Waals surface area contributed by atoms with E-state index in [0.717, 1.165) is 0 Å². The molecule has 11 nitrogen and oxygen atoms in total. The number of nitrogens with one attached hydrogen (secondary N) is 3. The first-order valence-corrected chi connectivity index (χ1v) is 8.30. The normalized spacial score (nSPS) is 14.9. The van der Waals surface area contributed by atoms with E-state index < -0.39 is 18.0 Å². The van der Waals surface area contributed by atoms with Gasteiger partial charge in [-0.15, -0.1) is 10.2 Å². The molecule has 142 valence electrons. The van der Waals surface area contributed by atoms with Crippen molar-refractivity contribution in [2.45, 2.75) is 25.4 Å². The van der Waals surface area contributed by atoms with Crippen LogP contribution in [0.15, 0.2) is 24.5 Å². The van der Waals surface area contributed by atoms with Crippen molar-refractivity contribution in [2.75, 3.05) is 19.0 Å². The summed E-state index contributed by atoms with van der Waals surface area (Å²) >= 11 is 0. The average Bonchev–Trinajstić information content (AvgIpc) is 3.27. The SMILES string of the molecule is COC(=O)CNC(=O)C1CCc2nnc(CNC(=O)Nc3cccnc3)n21. The van der Waals surface area contributed by atoms with Gasteiger partial charge in [-0.3, -0.25) is 14.6 Å². The Bertz CT molecular complexity index is 837. The molecule has 0 bridgehead atoms. The van der Waals surface area contributed by atoms with Crippen molar-refractivity contribution in [3.8, 4) is 0 Å². The molecule has 0 saturated heterocycles. The molecule has 1 aliphatic rings. The van der Waals surface area contributed by atoms with Crippen molar-refractivity contribution < 1.29 is 19.1 Å². The van der Waals surface area contributed by atoms with Gasteiger partial charge in [0.1, 0.15) is 18.4 Å². The van der Waals surface area contributed by atoms with Gasteiger partial charge in [0, 0.05) is 12.6 Å². The van der Waals surface area contributed by atoms with Crippen LogP contribution >= 0.6 is 0 Å². The Morgan fingerprint density at radius 1 is 1.30 bits per heavy atom. The molecule has 0 radical (unpaired) electrons. The van der Waals surface area contributed by atoms with Gasteiger partial charge in [-0.25, -0.2) is 4.79 Å². The van der Waals surface area contributed by atoms with Gasteiger partial charge in [-0.2, -0.15) is 0 Å². The van der Waals surface area contributed by atoms with E-state index in [4.69, 9.17) is 0 Å². The van der Waals surface area contributed by atoms with E-state index in [1.165, 1.54) is 13.3 Å². The quantitative estimate of drug-likeness (QED) is 0.594. The number of fused-ring (bicyclic) bond motifs is 1. The molecule has 0 aliphatic carbocycles. The first-order chi connectivity index (χ1) is 13.1. The zero-order valence-corrected chi connectivity index (χ0v) is 14.6. The number of carbonyl (C=O) groups is 3. The molecule has 0 fully saturated rings. The summed E-state index contributed by atoms with van der Waals surface area (Å²) in [5.74, 6) is 0.277. The summed E-state index contributed by atoms with van der Waals surface area (Å²) in [6, 6.07) is 2.46. The maximum atomic E-state index is 12.4. The van der Waals surface area contributed by atoms with Crippen LogP contribution in [0.2, 0.25) is 0 Å². The molecule has 0 saturated carbocycles. The zero-order chi connectivity index (χ0) is 19.2. The van der Waals surface area contributed by atoms with Gasteiger partial charge in [-0.05, 0) is 18.6 Å². The number of ether oxygens (including phenoxy) is 1. The van der Waals surface area contributed by atoms with Crippen LogP contribution in [-0.2, 0) is 27.3 Å². The number of hydrogen-bond donors (Lipinski definition) is 3. The zero-order valence-electron chi connectivity index (χ0n) is 14.6. The Labute approximate surface area is 154 Å². The van der Waals surface area contributed by atoms with Crippen LogP contribution in [0, 0.1) is 0 Å². The van der Waals surface area contributed by atoms with Gasteiger partial charge in [0.05, 0.1) is 25.5 Å². The minimum atomic E-state index is -0.530. The van der Waals surface area contributed by atoms with Crippen LogP contribution in [0.4, 0.5) is 10.5 Å². The fourth-order valence-corrected chi connectivity index (χ4v) is 2.78. The highest BCUT2D eigenvalue weighted by Gasteiger charge is 2.32. The molecule has 3 rings (SSSR count). The van der Waals surface area contributed by atoms with E-state index in [9.17, 15) is 14.4 Å². The van der Waals surface area contributed by atoms with Crippen molar-refractivity contribution in [2.24, 2.45) is 0 Å². The van der Waals surface area contributed by atoms with Crippen molar-refractivity contribution in [3.05, 3.63) is 36.2 Å². The minimum absolute atomic E-state index is 0.0971. The molecule has 1 atom stereocenters. The van der Waals surface area contributed by atoms with Gasteiger partial charge in [0.25, 0.3) is 0 Å². The highest BCUT2D eigenvalue weighted by molar-refractivity contribution is 5.89. The van der Waals surface area contributed by atoms with E-state index in [0.29, 0.717) is 30.2 Å². The molecule has 3 N–H and O–H groups in total. The summed E-state index contributed by atoms with van der Waals surface area (Å²) < 4.78 is 6.20. The predicted octanol–water partition coefficient (Wildman–Crippen LogP) is -0.229. The molecule has 0 spiro atoms. The predicted molar refractivity (Wildman–Crippen MR) is 92.5 cm³/mol. The number of carbonyl (C=O) groups excluding carboxylic acids is 3. The molecule has 3 amide bonds. The van der Waals surface area contributed by atoms with Crippen molar-refractivity contribution in [1.29, 1.82) is 0 Å². The van der Waals surface area contributed by atoms with Crippen molar-refractivity contribution in [1.82, 2.24) is 30.4 Å². The lowest BCUT2D eigenvalue weighted by molar-refractivity contribution is -0.141. The Morgan fingerprint density at radius 3 is 2.89 bits per heavy atom. The van der Waals surface area contributed by atoms with Crippen LogP contribution in [-0.4, -0.2) is 51.3 Å². The standard InChI is InChI=1S/C16H19N7O4/c1-27-14(24)9-18-15(25)11-4-5-12-21-22-13(23(11)12)8-19-16(26)20-10-3-2-6-17-7-10/h2-3,6-7,11H,4-5,8-9H2,1H3,(H,18,25)(H2,19,20,26). The first-order valence-electron chi connectivity index (χ1n) is 8.30. The number of esters is 1. The Kier molecular flexibility index (Phi) is 5.59. The fraction of sp³-hybridized carbons (Fsp3) is 0.375. The van der Waals surface area contributed by atoms with Crippen LogP contribution in [0.3, 0.4) is 0 Å². The molecule has 1 aliphatic heterocycles. The first kappa shape index (κ1) is 18.3. The second-order valence-corrected chi connectivity index (χ2v) is 5.80. The molecule has 0 aromatic carbocycles. The second-order valence-electron chi connectivity index (χ2n) is 5.80. The summed E-state index contributed by atoms with van der Waals surface area (Å²) in [6.45, 7) is -0.107. The number of urea groups is 1. The maximum Gasteiger partial charge on any atom is 0.325 e. The molecule has 1 unspecified atom stereocenters. The number of pyridine rings is 1. The topological polar surface area (TPSA) is 140 Å². The highest BCUT2D eigenvalue weighted by Crippen LogP contribution is 2.26. The lowest BCUT2D eigenvalue weighted by atomic mass is 10.2. The smallest absolute Gasteiger partial charge is 0.325 e. The second kappa shape index (κ2) is 8.25. The van der Waals surface area contributed by atoms with Crippen molar-refractivity contribution in [3.63, 3.8) is 0 Å². The number of nitrogens with zero attached hydrogens (tertiary/aromatic N) is 4. The molecule has 2 aromatic heterocycles. The lowest BCUT2D eigenvalue weighted by Gasteiger charge is -2.15. The number of rotatable bonds is 6. The van der Waals surface area contributed by atoms with Crippen LogP contribution in [0.5, 0.6) is 0 Å². The van der Waals surface area contributed by atoms with E-state index in [2.05, 4.69) is 35.9 Å². The van der Waals surface area contributed by atoms with Crippen molar-refractivity contribution >= 4 is 23.6 Å². The lowest BCUT2D eigenvalue weighted by Crippen LogP contribution is -2.36. The third-order valence-electron chi connectivity index (χ3n) is 4.05. The molecule has 27 heavy (non-hydrogen) atoms. The molecule has 11 heteroatoms. The van der Waals surface area contributed by atoms with E-state index in [1.54, 1.807) is 22.9 Å². The van der Waals surface area contributed by atoms with E-state index in [1.807, 2.05) is 0 Å². The summed E-state index contributed by atoms with van der Waals surface area (Å²) in [6.07, 6.45) is 4.27. The molecular weight excluding hydrogens is 354 g/mol.